The quantitative estimate of drug-likeness (QED) is 0.746. The Morgan fingerprint density at radius 3 is 2.67 bits per heavy atom. The molecule has 0 amide bonds. The van der Waals surface area contributed by atoms with E-state index in [1.165, 1.54) is 12.8 Å². The van der Waals surface area contributed by atoms with Crippen molar-refractivity contribution < 1.29 is 14.9 Å². The molecule has 2 heterocycles. The van der Waals surface area contributed by atoms with Crippen LogP contribution in [-0.2, 0) is 4.74 Å². The van der Waals surface area contributed by atoms with Crippen LogP contribution in [0.4, 0.5) is 0 Å². The monoisotopic (exact) mass is 257 g/mol. The van der Waals surface area contributed by atoms with Crippen molar-refractivity contribution in [1.82, 2.24) is 4.90 Å². The molecule has 0 bridgehead atoms. The SMILES string of the molecule is OCCCC1CCCN1CC1(CO)CCOCC1. The Morgan fingerprint density at radius 2 is 2.00 bits per heavy atom. The Bertz CT molecular complexity index is 241. The lowest BCUT2D eigenvalue weighted by atomic mass is 9.80. The summed E-state index contributed by atoms with van der Waals surface area (Å²) >= 11 is 0. The minimum absolute atomic E-state index is 0.0556. The summed E-state index contributed by atoms with van der Waals surface area (Å²) in [4.78, 5) is 2.54. The molecule has 1 unspecified atom stereocenters. The van der Waals surface area contributed by atoms with Gasteiger partial charge in [0.2, 0.25) is 0 Å². The fourth-order valence-corrected chi connectivity index (χ4v) is 3.36. The van der Waals surface area contributed by atoms with Crippen molar-refractivity contribution in [2.45, 2.75) is 44.6 Å². The molecule has 2 N–H and O–H groups in total. The number of nitrogens with zero attached hydrogens (tertiary/aromatic N) is 1. The number of rotatable bonds is 6. The van der Waals surface area contributed by atoms with E-state index in [2.05, 4.69) is 4.90 Å². The summed E-state index contributed by atoms with van der Waals surface area (Å²) in [5, 5.41) is 18.7. The highest BCUT2D eigenvalue weighted by Gasteiger charge is 2.36. The van der Waals surface area contributed by atoms with Gasteiger partial charge in [-0.1, -0.05) is 0 Å². The molecule has 0 spiro atoms. The molecule has 2 aliphatic heterocycles. The van der Waals surface area contributed by atoms with Gasteiger partial charge in [0.1, 0.15) is 0 Å². The van der Waals surface area contributed by atoms with Gasteiger partial charge < -0.3 is 14.9 Å². The first kappa shape index (κ1) is 14.3. The maximum atomic E-state index is 9.74. The Balaban J connectivity index is 1.89. The van der Waals surface area contributed by atoms with E-state index in [0.29, 0.717) is 12.6 Å². The number of ether oxygens (including phenoxy) is 1. The molecule has 2 rings (SSSR count). The minimum atomic E-state index is 0.0556. The van der Waals surface area contributed by atoms with Crippen molar-refractivity contribution >= 4 is 0 Å². The van der Waals surface area contributed by atoms with Gasteiger partial charge >= 0.3 is 0 Å². The summed E-state index contributed by atoms with van der Waals surface area (Å²) in [6.45, 7) is 4.30. The standard InChI is InChI=1S/C14H27NO3/c16-8-2-4-13-3-1-7-15(13)11-14(12-17)5-9-18-10-6-14/h13,16-17H,1-12H2. The van der Waals surface area contributed by atoms with Crippen LogP contribution in [0.3, 0.4) is 0 Å². The first-order valence-electron chi connectivity index (χ1n) is 7.33. The molecule has 0 aromatic heterocycles. The van der Waals surface area contributed by atoms with Crippen molar-refractivity contribution in [3.05, 3.63) is 0 Å². The van der Waals surface area contributed by atoms with Gasteiger partial charge in [0.05, 0.1) is 6.61 Å². The second kappa shape index (κ2) is 6.85. The van der Waals surface area contributed by atoms with E-state index < -0.39 is 0 Å². The van der Waals surface area contributed by atoms with Gasteiger partial charge in [0.15, 0.2) is 0 Å². The van der Waals surface area contributed by atoms with Gasteiger partial charge in [-0.05, 0) is 45.1 Å². The Hall–Kier alpha value is -0.160. The zero-order valence-corrected chi connectivity index (χ0v) is 11.3. The minimum Gasteiger partial charge on any atom is -0.396 e. The van der Waals surface area contributed by atoms with Gasteiger partial charge in [0, 0.05) is 37.8 Å². The average Bonchev–Trinajstić information content (AvgIpc) is 2.84. The van der Waals surface area contributed by atoms with Crippen molar-refractivity contribution in [1.29, 1.82) is 0 Å². The lowest BCUT2D eigenvalue weighted by molar-refractivity contribution is -0.0366. The molecule has 0 aromatic carbocycles. The van der Waals surface area contributed by atoms with Crippen LogP contribution in [0, 0.1) is 5.41 Å². The number of aliphatic hydroxyl groups is 2. The van der Waals surface area contributed by atoms with E-state index in [0.717, 1.165) is 52.0 Å². The first-order valence-corrected chi connectivity index (χ1v) is 7.33. The van der Waals surface area contributed by atoms with Crippen LogP contribution in [0.15, 0.2) is 0 Å². The maximum Gasteiger partial charge on any atom is 0.0501 e. The highest BCUT2D eigenvalue weighted by Crippen LogP contribution is 2.34. The molecule has 0 radical (unpaired) electrons. The number of likely N-dealkylation sites (tertiary alicyclic amines) is 1. The largest absolute Gasteiger partial charge is 0.396 e. The van der Waals surface area contributed by atoms with Gasteiger partial charge in [-0.15, -0.1) is 0 Å². The molecular weight excluding hydrogens is 230 g/mol. The number of hydrogen-bond donors (Lipinski definition) is 2. The molecule has 0 aliphatic carbocycles. The third-order valence-electron chi connectivity index (χ3n) is 4.62. The molecule has 18 heavy (non-hydrogen) atoms. The van der Waals surface area contributed by atoms with Gasteiger partial charge in [-0.2, -0.15) is 0 Å². The topological polar surface area (TPSA) is 52.9 Å². The normalized spacial score (nSPS) is 28.7. The van der Waals surface area contributed by atoms with E-state index >= 15 is 0 Å². The van der Waals surface area contributed by atoms with Crippen LogP contribution in [0.1, 0.15) is 38.5 Å². The first-order chi connectivity index (χ1) is 8.79. The Labute approximate surface area is 110 Å². The molecule has 2 fully saturated rings. The van der Waals surface area contributed by atoms with Crippen LogP contribution in [0.2, 0.25) is 0 Å². The predicted octanol–water partition coefficient (Wildman–Crippen LogP) is 1.01. The van der Waals surface area contributed by atoms with Crippen molar-refractivity contribution in [3.8, 4) is 0 Å². The molecule has 0 saturated carbocycles. The van der Waals surface area contributed by atoms with E-state index in [9.17, 15) is 5.11 Å². The highest BCUT2D eigenvalue weighted by molar-refractivity contribution is 4.89. The summed E-state index contributed by atoms with van der Waals surface area (Å²) in [5.41, 5.74) is 0.0556. The van der Waals surface area contributed by atoms with Gasteiger partial charge in [-0.3, -0.25) is 4.90 Å². The second-order valence-electron chi connectivity index (χ2n) is 5.90. The van der Waals surface area contributed by atoms with Crippen LogP contribution < -0.4 is 0 Å². The fraction of sp³-hybridized carbons (Fsp3) is 1.00. The molecule has 1 atom stereocenters. The Kier molecular flexibility index (Phi) is 5.42. The van der Waals surface area contributed by atoms with Crippen molar-refractivity contribution in [2.24, 2.45) is 5.41 Å². The molecule has 2 saturated heterocycles. The average molecular weight is 257 g/mol. The van der Waals surface area contributed by atoms with Crippen LogP contribution >= 0.6 is 0 Å². The second-order valence-corrected chi connectivity index (χ2v) is 5.90. The number of aliphatic hydroxyl groups excluding tert-OH is 2. The van der Waals surface area contributed by atoms with E-state index in [-0.39, 0.29) is 12.0 Å². The predicted molar refractivity (Wildman–Crippen MR) is 70.5 cm³/mol. The third-order valence-corrected chi connectivity index (χ3v) is 4.62. The van der Waals surface area contributed by atoms with Gasteiger partial charge in [-0.25, -0.2) is 0 Å². The van der Waals surface area contributed by atoms with E-state index in [1.54, 1.807) is 0 Å². The lowest BCUT2D eigenvalue weighted by Crippen LogP contribution is -2.45. The summed E-state index contributed by atoms with van der Waals surface area (Å²) in [6, 6.07) is 0.614. The molecule has 4 nitrogen and oxygen atoms in total. The third kappa shape index (κ3) is 3.44. The maximum absolute atomic E-state index is 9.74. The Morgan fingerprint density at radius 1 is 1.22 bits per heavy atom. The lowest BCUT2D eigenvalue weighted by Gasteiger charge is -2.40. The molecule has 106 valence electrons. The summed E-state index contributed by atoms with van der Waals surface area (Å²) in [6.07, 6.45) is 6.45. The fourth-order valence-electron chi connectivity index (χ4n) is 3.36. The molecular formula is C14H27NO3. The van der Waals surface area contributed by atoms with E-state index in [4.69, 9.17) is 9.84 Å². The zero-order chi connectivity index (χ0) is 12.8. The van der Waals surface area contributed by atoms with Crippen molar-refractivity contribution in [3.63, 3.8) is 0 Å². The smallest absolute Gasteiger partial charge is 0.0501 e. The highest BCUT2D eigenvalue weighted by atomic mass is 16.5. The number of hydrogen-bond acceptors (Lipinski definition) is 4. The van der Waals surface area contributed by atoms with E-state index in [1.807, 2.05) is 0 Å². The summed E-state index contributed by atoms with van der Waals surface area (Å²) < 4.78 is 5.42. The zero-order valence-electron chi connectivity index (χ0n) is 11.3. The van der Waals surface area contributed by atoms with Crippen LogP contribution in [0.5, 0.6) is 0 Å². The summed E-state index contributed by atoms with van der Waals surface area (Å²) in [7, 11) is 0. The van der Waals surface area contributed by atoms with Crippen LogP contribution in [0.25, 0.3) is 0 Å². The summed E-state index contributed by atoms with van der Waals surface area (Å²) in [5.74, 6) is 0. The van der Waals surface area contributed by atoms with Gasteiger partial charge in [0.25, 0.3) is 0 Å². The molecule has 0 aromatic rings. The molecule has 4 heteroatoms. The molecule has 2 aliphatic rings. The van der Waals surface area contributed by atoms with Crippen LogP contribution in [-0.4, -0.2) is 60.7 Å². The van der Waals surface area contributed by atoms with Crippen molar-refractivity contribution in [2.75, 3.05) is 39.5 Å².